The number of carbonyl (C=O) groups is 2. The largest absolute Gasteiger partial charge is 0.449 e. The van der Waals surface area contributed by atoms with E-state index in [0.717, 1.165) is 30.4 Å². The summed E-state index contributed by atoms with van der Waals surface area (Å²) in [7, 11) is 0. The first kappa shape index (κ1) is 18.0. The van der Waals surface area contributed by atoms with Crippen LogP contribution in [0, 0.1) is 25.2 Å². The highest BCUT2D eigenvalue weighted by molar-refractivity contribution is 5.92. The molecule has 0 heterocycles. The zero-order chi connectivity index (χ0) is 17.7. The molecule has 0 aliphatic heterocycles. The van der Waals surface area contributed by atoms with Crippen LogP contribution in [-0.4, -0.2) is 23.5 Å². The number of ether oxygens (including phenoxy) is 1. The summed E-state index contributed by atoms with van der Waals surface area (Å²) in [5, 5.41) is 12.2. The lowest BCUT2D eigenvalue weighted by Crippen LogP contribution is -2.52. The smallest absolute Gasteiger partial charge is 0.338 e. The van der Waals surface area contributed by atoms with Gasteiger partial charge in [-0.1, -0.05) is 25.3 Å². The van der Waals surface area contributed by atoms with Gasteiger partial charge >= 0.3 is 5.97 Å². The summed E-state index contributed by atoms with van der Waals surface area (Å²) in [5.74, 6) is -0.953. The molecule has 1 aliphatic rings. The van der Waals surface area contributed by atoms with Crippen molar-refractivity contribution in [2.45, 2.75) is 64.5 Å². The number of esters is 1. The van der Waals surface area contributed by atoms with Crippen molar-refractivity contribution in [3.05, 3.63) is 34.9 Å². The maximum atomic E-state index is 12.3. The van der Waals surface area contributed by atoms with E-state index in [9.17, 15) is 14.9 Å². The SMILES string of the molecule is Cc1ccc(C(=O)O[C@H](C)C(=O)NC2(C#N)CCCCC2)cc1C. The topological polar surface area (TPSA) is 79.2 Å². The molecule has 1 N–H and O–H groups in total. The number of benzene rings is 1. The molecule has 2 rings (SSSR count). The average Bonchev–Trinajstić information content (AvgIpc) is 2.58. The molecule has 0 aromatic heterocycles. The molecule has 1 aromatic rings. The maximum absolute atomic E-state index is 12.3. The number of nitriles is 1. The fourth-order valence-electron chi connectivity index (χ4n) is 2.91. The Morgan fingerprint density at radius 1 is 1.21 bits per heavy atom. The number of aryl methyl sites for hydroxylation is 2. The van der Waals surface area contributed by atoms with Crippen LogP contribution >= 0.6 is 0 Å². The predicted octanol–water partition coefficient (Wildman–Crippen LogP) is 3.19. The van der Waals surface area contributed by atoms with E-state index in [1.807, 2.05) is 19.9 Å². The van der Waals surface area contributed by atoms with Crippen molar-refractivity contribution in [3.8, 4) is 6.07 Å². The van der Waals surface area contributed by atoms with E-state index in [2.05, 4.69) is 11.4 Å². The molecular weight excluding hydrogens is 304 g/mol. The first-order valence-electron chi connectivity index (χ1n) is 8.38. The van der Waals surface area contributed by atoms with E-state index in [0.29, 0.717) is 18.4 Å². The van der Waals surface area contributed by atoms with Crippen molar-refractivity contribution >= 4 is 11.9 Å². The van der Waals surface area contributed by atoms with Crippen molar-refractivity contribution in [1.82, 2.24) is 5.32 Å². The molecule has 0 unspecified atom stereocenters. The van der Waals surface area contributed by atoms with Gasteiger partial charge in [-0.2, -0.15) is 5.26 Å². The van der Waals surface area contributed by atoms with Crippen LogP contribution in [-0.2, 0) is 9.53 Å². The standard InChI is InChI=1S/C19H24N2O3/c1-13-7-8-16(11-14(13)2)18(23)24-15(3)17(22)21-19(12-20)9-5-4-6-10-19/h7-8,11,15H,4-6,9-10H2,1-3H3,(H,21,22)/t15-/m1/s1. The number of hydrogen-bond donors (Lipinski definition) is 1. The summed E-state index contributed by atoms with van der Waals surface area (Å²) in [6.45, 7) is 5.41. The second-order valence-electron chi connectivity index (χ2n) is 6.59. The third-order valence-corrected chi connectivity index (χ3v) is 4.68. The fraction of sp³-hybridized carbons (Fsp3) is 0.526. The van der Waals surface area contributed by atoms with Gasteiger partial charge in [0.15, 0.2) is 6.10 Å². The molecular formula is C19H24N2O3. The van der Waals surface area contributed by atoms with Crippen LogP contribution in [0.25, 0.3) is 0 Å². The summed E-state index contributed by atoms with van der Waals surface area (Å²) in [6.07, 6.45) is 3.28. The molecule has 128 valence electrons. The Balaban J connectivity index is 1.99. The van der Waals surface area contributed by atoms with Crippen LogP contribution < -0.4 is 5.32 Å². The van der Waals surface area contributed by atoms with Crippen LogP contribution in [0.15, 0.2) is 18.2 Å². The van der Waals surface area contributed by atoms with Crippen molar-refractivity contribution in [2.24, 2.45) is 0 Å². The Hall–Kier alpha value is -2.35. The highest BCUT2D eigenvalue weighted by atomic mass is 16.5. The van der Waals surface area contributed by atoms with Crippen molar-refractivity contribution in [2.75, 3.05) is 0 Å². The van der Waals surface area contributed by atoms with Crippen molar-refractivity contribution in [3.63, 3.8) is 0 Å². The molecule has 1 aliphatic carbocycles. The number of nitrogens with zero attached hydrogens (tertiary/aromatic N) is 1. The third kappa shape index (κ3) is 4.14. The second kappa shape index (κ2) is 7.48. The number of nitrogens with one attached hydrogen (secondary N) is 1. The Kier molecular flexibility index (Phi) is 5.61. The lowest BCUT2D eigenvalue weighted by atomic mass is 9.83. The van der Waals surface area contributed by atoms with Crippen molar-refractivity contribution < 1.29 is 14.3 Å². The van der Waals surface area contributed by atoms with Gasteiger partial charge in [-0.3, -0.25) is 4.79 Å². The van der Waals surface area contributed by atoms with Crippen molar-refractivity contribution in [1.29, 1.82) is 5.26 Å². The molecule has 0 radical (unpaired) electrons. The number of hydrogen-bond acceptors (Lipinski definition) is 4. The van der Waals surface area contributed by atoms with E-state index in [1.165, 1.54) is 6.92 Å². The van der Waals surface area contributed by atoms with Gasteiger partial charge in [0.1, 0.15) is 5.54 Å². The normalized spacial score (nSPS) is 17.4. The molecule has 5 heteroatoms. The van der Waals surface area contributed by atoms with E-state index < -0.39 is 23.5 Å². The van der Waals surface area contributed by atoms with E-state index in [1.54, 1.807) is 12.1 Å². The van der Waals surface area contributed by atoms with Crippen LogP contribution in [0.4, 0.5) is 0 Å². The van der Waals surface area contributed by atoms with E-state index >= 15 is 0 Å². The first-order valence-corrected chi connectivity index (χ1v) is 8.38. The molecule has 0 bridgehead atoms. The summed E-state index contributed by atoms with van der Waals surface area (Å²) in [5.41, 5.74) is 1.68. The van der Waals surface area contributed by atoms with Gasteiger partial charge in [0.2, 0.25) is 0 Å². The molecule has 0 spiro atoms. The van der Waals surface area contributed by atoms with Crippen LogP contribution in [0.3, 0.4) is 0 Å². The van der Waals surface area contributed by atoms with Gasteiger partial charge in [0.25, 0.3) is 5.91 Å². The Labute approximate surface area is 143 Å². The first-order chi connectivity index (χ1) is 11.4. The zero-order valence-electron chi connectivity index (χ0n) is 14.5. The lowest BCUT2D eigenvalue weighted by molar-refractivity contribution is -0.130. The zero-order valence-corrected chi connectivity index (χ0v) is 14.5. The summed E-state index contributed by atoms with van der Waals surface area (Å²) < 4.78 is 5.26. The Morgan fingerprint density at radius 2 is 1.88 bits per heavy atom. The summed E-state index contributed by atoms with van der Waals surface area (Å²) in [4.78, 5) is 24.5. The highest BCUT2D eigenvalue weighted by Gasteiger charge is 2.35. The number of carbonyl (C=O) groups excluding carboxylic acids is 2. The Bertz CT molecular complexity index is 670. The monoisotopic (exact) mass is 328 g/mol. The quantitative estimate of drug-likeness (QED) is 0.861. The maximum Gasteiger partial charge on any atom is 0.338 e. The minimum Gasteiger partial charge on any atom is -0.449 e. The summed E-state index contributed by atoms with van der Waals surface area (Å²) in [6, 6.07) is 7.52. The highest BCUT2D eigenvalue weighted by Crippen LogP contribution is 2.27. The lowest BCUT2D eigenvalue weighted by Gasteiger charge is -2.32. The van der Waals surface area contributed by atoms with Gasteiger partial charge in [0, 0.05) is 0 Å². The molecule has 1 aromatic carbocycles. The molecule has 1 fully saturated rings. The average molecular weight is 328 g/mol. The molecule has 0 saturated heterocycles. The molecule has 1 saturated carbocycles. The summed E-state index contributed by atoms with van der Waals surface area (Å²) >= 11 is 0. The second-order valence-corrected chi connectivity index (χ2v) is 6.59. The third-order valence-electron chi connectivity index (χ3n) is 4.68. The van der Waals surface area contributed by atoms with E-state index in [-0.39, 0.29) is 0 Å². The predicted molar refractivity (Wildman–Crippen MR) is 90.4 cm³/mol. The van der Waals surface area contributed by atoms with Gasteiger partial charge in [0.05, 0.1) is 11.6 Å². The molecule has 1 atom stereocenters. The van der Waals surface area contributed by atoms with Crippen LogP contribution in [0.1, 0.15) is 60.5 Å². The van der Waals surface area contributed by atoms with Crippen LogP contribution in [0.2, 0.25) is 0 Å². The minimum atomic E-state index is -0.939. The fourth-order valence-corrected chi connectivity index (χ4v) is 2.91. The number of rotatable bonds is 4. The van der Waals surface area contributed by atoms with Gasteiger partial charge in [-0.05, 0) is 56.9 Å². The molecule has 24 heavy (non-hydrogen) atoms. The minimum absolute atomic E-state index is 0.421. The van der Waals surface area contributed by atoms with E-state index in [4.69, 9.17) is 4.74 Å². The van der Waals surface area contributed by atoms with Gasteiger partial charge in [-0.15, -0.1) is 0 Å². The molecule has 5 nitrogen and oxygen atoms in total. The number of amides is 1. The van der Waals surface area contributed by atoms with Crippen LogP contribution in [0.5, 0.6) is 0 Å². The van der Waals surface area contributed by atoms with Gasteiger partial charge in [-0.25, -0.2) is 4.79 Å². The molecule has 1 amide bonds. The Morgan fingerprint density at radius 3 is 2.46 bits per heavy atom. The van der Waals surface area contributed by atoms with Gasteiger partial charge < -0.3 is 10.1 Å².